The molecule has 1 rings (SSSR count). The highest BCUT2D eigenvalue weighted by atomic mass is 16.5. The van der Waals surface area contributed by atoms with Crippen LogP contribution in [0.25, 0.3) is 0 Å². The molecule has 60 valence electrons. The van der Waals surface area contributed by atoms with E-state index in [1.165, 1.54) is 12.3 Å². The number of rotatable bonds is 3. The van der Waals surface area contributed by atoms with Crippen molar-refractivity contribution in [3.05, 3.63) is 18.0 Å². The second-order valence-electron chi connectivity index (χ2n) is 2.04. The Labute approximate surface area is 62.2 Å². The number of aliphatic hydroxyl groups is 1. The average molecular weight is 157 g/mol. The molecule has 0 aromatic carbocycles. The van der Waals surface area contributed by atoms with Crippen molar-refractivity contribution in [2.24, 2.45) is 0 Å². The molecule has 11 heavy (non-hydrogen) atoms. The average Bonchev–Trinajstić information content (AvgIpc) is 2.35. The Hall–Kier alpha value is -1.36. The zero-order valence-corrected chi connectivity index (χ0v) is 5.60. The fourth-order valence-electron chi connectivity index (χ4n) is 0.664. The predicted molar refractivity (Wildman–Crippen MR) is 33.7 cm³/mol. The largest absolute Gasteiger partial charge is 0.481 e. The molecular formula is C6H7NO4. The fraction of sp³-hybridized carbons (Fsp3) is 0.333. The lowest BCUT2D eigenvalue weighted by molar-refractivity contribution is -0.139. The van der Waals surface area contributed by atoms with E-state index in [1.807, 2.05) is 0 Å². The van der Waals surface area contributed by atoms with E-state index in [0.29, 0.717) is 0 Å². The lowest BCUT2D eigenvalue weighted by Gasteiger charge is -2.00. The molecule has 2 N–H and O–H groups in total. The molecular weight excluding hydrogens is 150 g/mol. The summed E-state index contributed by atoms with van der Waals surface area (Å²) in [5, 5.41) is 20.7. The standard InChI is InChI=1S/C6H7NO4/c8-5(3-6(9)10)4-1-2-11-7-4/h1-2,5,8H,3H2,(H,9,10)/t5-/m1/s1. The van der Waals surface area contributed by atoms with Gasteiger partial charge in [-0.15, -0.1) is 0 Å². The van der Waals surface area contributed by atoms with Gasteiger partial charge in [0.2, 0.25) is 0 Å². The van der Waals surface area contributed by atoms with Crippen molar-refractivity contribution in [2.45, 2.75) is 12.5 Å². The molecule has 1 aromatic rings. The number of aliphatic hydroxyl groups excluding tert-OH is 1. The summed E-state index contributed by atoms with van der Waals surface area (Å²) >= 11 is 0. The van der Waals surface area contributed by atoms with Crippen molar-refractivity contribution in [3.8, 4) is 0 Å². The van der Waals surface area contributed by atoms with Crippen LogP contribution in [0.1, 0.15) is 18.2 Å². The van der Waals surface area contributed by atoms with E-state index in [1.54, 1.807) is 0 Å². The molecule has 1 aromatic heterocycles. The van der Waals surface area contributed by atoms with Crippen molar-refractivity contribution in [1.29, 1.82) is 0 Å². The Kier molecular flexibility index (Phi) is 2.22. The van der Waals surface area contributed by atoms with Crippen molar-refractivity contribution in [3.63, 3.8) is 0 Å². The molecule has 0 aliphatic rings. The Bertz CT molecular complexity index is 231. The van der Waals surface area contributed by atoms with Gasteiger partial charge in [0.15, 0.2) is 0 Å². The normalized spacial score (nSPS) is 12.8. The SMILES string of the molecule is O=C(O)C[C@@H](O)c1ccon1. The van der Waals surface area contributed by atoms with Crippen LogP contribution < -0.4 is 0 Å². The molecule has 0 bridgehead atoms. The summed E-state index contributed by atoms with van der Waals surface area (Å²) in [6.07, 6.45) is -0.154. The minimum absolute atomic E-state index is 0.243. The summed E-state index contributed by atoms with van der Waals surface area (Å²) < 4.78 is 4.41. The summed E-state index contributed by atoms with van der Waals surface area (Å²) in [4.78, 5) is 10.1. The molecule has 1 heterocycles. The highest BCUT2D eigenvalue weighted by Crippen LogP contribution is 2.12. The van der Waals surface area contributed by atoms with E-state index in [9.17, 15) is 4.79 Å². The van der Waals surface area contributed by atoms with Crippen LogP contribution in [0.3, 0.4) is 0 Å². The molecule has 0 saturated heterocycles. The van der Waals surface area contributed by atoms with Gasteiger partial charge in [-0.2, -0.15) is 0 Å². The van der Waals surface area contributed by atoms with Gasteiger partial charge in [0.25, 0.3) is 0 Å². The van der Waals surface area contributed by atoms with Crippen molar-refractivity contribution in [2.75, 3.05) is 0 Å². The Morgan fingerprint density at radius 3 is 3.00 bits per heavy atom. The zero-order chi connectivity index (χ0) is 8.27. The Morgan fingerprint density at radius 2 is 2.55 bits per heavy atom. The van der Waals surface area contributed by atoms with Crippen LogP contribution in [0.2, 0.25) is 0 Å². The van der Waals surface area contributed by atoms with Crippen LogP contribution in [0.15, 0.2) is 16.9 Å². The lowest BCUT2D eigenvalue weighted by atomic mass is 10.2. The minimum Gasteiger partial charge on any atom is -0.481 e. The molecule has 0 radical (unpaired) electrons. The monoisotopic (exact) mass is 157 g/mol. The number of nitrogens with zero attached hydrogens (tertiary/aromatic N) is 1. The third kappa shape index (κ3) is 2.05. The second kappa shape index (κ2) is 3.16. The van der Waals surface area contributed by atoms with Gasteiger partial charge in [0.05, 0.1) is 6.42 Å². The summed E-state index contributed by atoms with van der Waals surface area (Å²) in [6, 6.07) is 1.42. The summed E-state index contributed by atoms with van der Waals surface area (Å²) in [6.45, 7) is 0. The third-order valence-electron chi connectivity index (χ3n) is 1.17. The zero-order valence-electron chi connectivity index (χ0n) is 5.60. The van der Waals surface area contributed by atoms with Gasteiger partial charge >= 0.3 is 5.97 Å². The quantitative estimate of drug-likeness (QED) is 0.653. The van der Waals surface area contributed by atoms with Crippen LogP contribution >= 0.6 is 0 Å². The minimum atomic E-state index is -1.08. The molecule has 0 amide bonds. The molecule has 0 aliphatic carbocycles. The Balaban J connectivity index is 2.56. The first-order valence-electron chi connectivity index (χ1n) is 3.00. The van der Waals surface area contributed by atoms with E-state index in [-0.39, 0.29) is 12.1 Å². The number of carboxylic acids is 1. The first-order chi connectivity index (χ1) is 5.20. The topological polar surface area (TPSA) is 83.6 Å². The van der Waals surface area contributed by atoms with E-state index in [2.05, 4.69) is 9.68 Å². The van der Waals surface area contributed by atoms with Crippen LogP contribution in [0, 0.1) is 0 Å². The van der Waals surface area contributed by atoms with Gasteiger partial charge in [0.1, 0.15) is 18.1 Å². The van der Waals surface area contributed by atoms with Crippen molar-refractivity contribution >= 4 is 5.97 Å². The highest BCUT2D eigenvalue weighted by Gasteiger charge is 2.13. The van der Waals surface area contributed by atoms with Gasteiger partial charge in [0, 0.05) is 6.07 Å². The first-order valence-corrected chi connectivity index (χ1v) is 3.00. The van der Waals surface area contributed by atoms with Crippen LogP contribution in [0.5, 0.6) is 0 Å². The third-order valence-corrected chi connectivity index (χ3v) is 1.17. The van der Waals surface area contributed by atoms with Crippen LogP contribution in [-0.4, -0.2) is 21.3 Å². The number of aromatic nitrogens is 1. The number of carboxylic acid groups (broad SMARTS) is 1. The first kappa shape index (κ1) is 7.74. The van der Waals surface area contributed by atoms with E-state index in [0.717, 1.165) is 0 Å². The maximum atomic E-state index is 10.1. The maximum absolute atomic E-state index is 10.1. The maximum Gasteiger partial charge on any atom is 0.306 e. The fourth-order valence-corrected chi connectivity index (χ4v) is 0.664. The lowest BCUT2D eigenvalue weighted by Crippen LogP contribution is -2.05. The summed E-state index contributed by atoms with van der Waals surface area (Å²) in [7, 11) is 0. The summed E-state index contributed by atoms with van der Waals surface area (Å²) in [5.74, 6) is -1.07. The van der Waals surface area contributed by atoms with Crippen molar-refractivity contribution in [1.82, 2.24) is 5.16 Å². The van der Waals surface area contributed by atoms with E-state index in [4.69, 9.17) is 10.2 Å². The van der Waals surface area contributed by atoms with Gasteiger partial charge in [-0.05, 0) is 0 Å². The predicted octanol–water partition coefficient (Wildman–Crippen LogP) is 0.183. The van der Waals surface area contributed by atoms with Gasteiger partial charge in [-0.25, -0.2) is 0 Å². The van der Waals surface area contributed by atoms with Crippen LogP contribution in [0.4, 0.5) is 0 Å². The Morgan fingerprint density at radius 1 is 1.82 bits per heavy atom. The molecule has 0 spiro atoms. The second-order valence-corrected chi connectivity index (χ2v) is 2.04. The molecule has 0 unspecified atom stereocenters. The number of hydrogen-bond acceptors (Lipinski definition) is 4. The number of hydrogen-bond donors (Lipinski definition) is 2. The van der Waals surface area contributed by atoms with Crippen LogP contribution in [-0.2, 0) is 4.79 Å². The molecule has 1 atom stereocenters. The van der Waals surface area contributed by atoms with Crippen molar-refractivity contribution < 1.29 is 19.5 Å². The van der Waals surface area contributed by atoms with Gasteiger partial charge < -0.3 is 14.7 Å². The van der Waals surface area contributed by atoms with E-state index >= 15 is 0 Å². The molecule has 0 fully saturated rings. The van der Waals surface area contributed by atoms with Gasteiger partial charge in [-0.1, -0.05) is 5.16 Å². The van der Waals surface area contributed by atoms with Gasteiger partial charge in [-0.3, -0.25) is 4.79 Å². The molecule has 5 heteroatoms. The number of aliphatic carboxylic acids is 1. The molecule has 0 aliphatic heterocycles. The highest BCUT2D eigenvalue weighted by molar-refractivity contribution is 5.67. The van der Waals surface area contributed by atoms with E-state index < -0.39 is 12.1 Å². The number of carbonyl (C=O) groups is 1. The summed E-state index contributed by atoms with van der Waals surface area (Å²) in [5.41, 5.74) is 0.243. The molecule has 5 nitrogen and oxygen atoms in total. The smallest absolute Gasteiger partial charge is 0.306 e. The molecule has 0 saturated carbocycles.